The highest BCUT2D eigenvalue weighted by atomic mass is 16.3. The SMILES string of the molecule is c1ccc(-n2c3ccccc3c3cc(-c4ccc5c(c4)c4cc(C6(c7cccc8c7oc7ccccc78)c7ccccc7-c7ccccc76)ccc4n5-c4ccccc4)ccc32)cc1. The second kappa shape index (κ2) is 13.3. The number of nitrogens with zero attached hydrogens (tertiary/aromatic N) is 2. The molecule has 0 bridgehead atoms. The van der Waals surface area contributed by atoms with Crippen molar-refractivity contribution in [3.05, 3.63) is 253 Å². The van der Waals surface area contributed by atoms with E-state index in [0.29, 0.717) is 0 Å². The fourth-order valence-electron chi connectivity index (χ4n) is 11.3. The molecule has 0 fully saturated rings. The number of hydrogen-bond acceptors (Lipinski definition) is 1. The highest BCUT2D eigenvalue weighted by Gasteiger charge is 2.47. The summed E-state index contributed by atoms with van der Waals surface area (Å²) in [5.41, 5.74) is 18.0. The predicted octanol–water partition coefficient (Wildman–Crippen LogP) is 15.8. The quantitative estimate of drug-likeness (QED) is 0.170. The van der Waals surface area contributed by atoms with Crippen LogP contribution in [0.15, 0.2) is 235 Å². The van der Waals surface area contributed by atoms with Crippen molar-refractivity contribution >= 4 is 65.6 Å². The third-order valence-electron chi connectivity index (χ3n) is 14.0. The van der Waals surface area contributed by atoms with Crippen LogP contribution in [0.4, 0.5) is 0 Å². The monoisotopic (exact) mass is 814 g/mol. The maximum Gasteiger partial charge on any atom is 0.140 e. The average Bonchev–Trinajstić information content (AvgIpc) is 4.10. The lowest BCUT2D eigenvalue weighted by molar-refractivity contribution is 0.648. The van der Waals surface area contributed by atoms with Crippen LogP contribution < -0.4 is 0 Å². The van der Waals surface area contributed by atoms with Gasteiger partial charge < -0.3 is 13.6 Å². The Morgan fingerprint density at radius 2 is 0.781 bits per heavy atom. The van der Waals surface area contributed by atoms with Gasteiger partial charge in [0, 0.05) is 49.3 Å². The highest BCUT2D eigenvalue weighted by Crippen LogP contribution is 2.58. The third kappa shape index (κ3) is 4.76. The Labute approximate surface area is 369 Å². The van der Waals surface area contributed by atoms with Crippen molar-refractivity contribution in [2.24, 2.45) is 0 Å². The van der Waals surface area contributed by atoms with Crippen LogP contribution in [-0.2, 0) is 5.41 Å². The minimum absolute atomic E-state index is 0.661. The highest BCUT2D eigenvalue weighted by molar-refractivity contribution is 6.13. The summed E-state index contributed by atoms with van der Waals surface area (Å²) in [6.45, 7) is 0. The first-order chi connectivity index (χ1) is 31.8. The van der Waals surface area contributed by atoms with E-state index in [0.717, 1.165) is 38.9 Å². The van der Waals surface area contributed by atoms with Crippen molar-refractivity contribution in [1.29, 1.82) is 0 Å². The summed E-state index contributed by atoms with van der Waals surface area (Å²) in [4.78, 5) is 0. The van der Waals surface area contributed by atoms with Gasteiger partial charge in [0.2, 0.25) is 0 Å². The summed E-state index contributed by atoms with van der Waals surface area (Å²) < 4.78 is 11.7. The van der Waals surface area contributed by atoms with Crippen molar-refractivity contribution in [2.45, 2.75) is 5.41 Å². The molecule has 0 atom stereocenters. The van der Waals surface area contributed by atoms with Crippen LogP contribution in [0.1, 0.15) is 22.3 Å². The van der Waals surface area contributed by atoms with E-state index >= 15 is 0 Å². The van der Waals surface area contributed by atoms with E-state index in [1.807, 2.05) is 0 Å². The fourth-order valence-corrected chi connectivity index (χ4v) is 11.3. The van der Waals surface area contributed by atoms with Gasteiger partial charge >= 0.3 is 0 Å². The molecule has 64 heavy (non-hydrogen) atoms. The molecule has 0 aliphatic heterocycles. The van der Waals surface area contributed by atoms with Gasteiger partial charge in [-0.25, -0.2) is 0 Å². The molecule has 0 N–H and O–H groups in total. The number of fused-ring (bicyclic) bond motifs is 12. The van der Waals surface area contributed by atoms with E-state index in [4.69, 9.17) is 4.42 Å². The summed E-state index contributed by atoms with van der Waals surface area (Å²) in [6, 6.07) is 84.5. The van der Waals surface area contributed by atoms with Gasteiger partial charge in [0.25, 0.3) is 0 Å². The Morgan fingerprint density at radius 1 is 0.312 bits per heavy atom. The lowest BCUT2D eigenvalue weighted by Crippen LogP contribution is -2.28. The second-order valence-electron chi connectivity index (χ2n) is 17.2. The number of benzene rings is 10. The molecule has 0 amide bonds. The van der Waals surface area contributed by atoms with Gasteiger partial charge in [0.15, 0.2) is 0 Å². The summed E-state index contributed by atoms with van der Waals surface area (Å²) in [7, 11) is 0. The minimum atomic E-state index is -0.661. The molecule has 1 aliphatic carbocycles. The van der Waals surface area contributed by atoms with Crippen molar-refractivity contribution in [2.75, 3.05) is 0 Å². The van der Waals surface area contributed by atoms with Crippen molar-refractivity contribution in [1.82, 2.24) is 9.13 Å². The van der Waals surface area contributed by atoms with Gasteiger partial charge in [-0.15, -0.1) is 0 Å². The molecule has 13 aromatic rings. The lowest BCUT2D eigenvalue weighted by Gasteiger charge is -2.34. The van der Waals surface area contributed by atoms with Gasteiger partial charge in [-0.05, 0) is 112 Å². The van der Waals surface area contributed by atoms with Crippen LogP contribution in [-0.4, -0.2) is 9.13 Å². The maximum atomic E-state index is 6.94. The van der Waals surface area contributed by atoms with Crippen molar-refractivity contribution in [3.8, 4) is 33.6 Å². The molecule has 298 valence electrons. The van der Waals surface area contributed by atoms with Crippen LogP contribution in [0, 0.1) is 0 Å². The van der Waals surface area contributed by atoms with Crippen LogP contribution in [0.5, 0.6) is 0 Å². The largest absolute Gasteiger partial charge is 0.456 e. The lowest BCUT2D eigenvalue weighted by atomic mass is 9.67. The first-order valence-corrected chi connectivity index (χ1v) is 22.1. The average molecular weight is 815 g/mol. The predicted molar refractivity (Wildman–Crippen MR) is 265 cm³/mol. The molecular weight excluding hydrogens is 777 g/mol. The number of hydrogen-bond donors (Lipinski definition) is 0. The molecule has 3 nitrogen and oxygen atoms in total. The zero-order chi connectivity index (χ0) is 41.9. The van der Waals surface area contributed by atoms with Crippen molar-refractivity contribution in [3.63, 3.8) is 0 Å². The van der Waals surface area contributed by atoms with Gasteiger partial charge in [-0.3, -0.25) is 0 Å². The zero-order valence-corrected chi connectivity index (χ0v) is 34.7. The molecule has 0 radical (unpaired) electrons. The Kier molecular flexibility index (Phi) is 7.32. The molecule has 0 unspecified atom stereocenters. The Hall–Kier alpha value is -8.40. The summed E-state index contributed by atoms with van der Waals surface area (Å²) in [5.74, 6) is 0. The summed E-state index contributed by atoms with van der Waals surface area (Å²) in [5, 5.41) is 7.16. The molecule has 0 spiro atoms. The van der Waals surface area contributed by atoms with Crippen LogP contribution in [0.25, 0.3) is 99.2 Å². The fraction of sp³-hybridized carbons (Fsp3) is 0.0164. The van der Waals surface area contributed by atoms with Gasteiger partial charge in [-0.1, -0.05) is 158 Å². The number of aromatic nitrogens is 2. The second-order valence-corrected chi connectivity index (χ2v) is 17.2. The van der Waals surface area contributed by atoms with E-state index in [1.165, 1.54) is 82.6 Å². The Bertz CT molecular complexity index is 3970. The summed E-state index contributed by atoms with van der Waals surface area (Å²) >= 11 is 0. The normalized spacial score (nSPS) is 13.1. The van der Waals surface area contributed by atoms with E-state index in [-0.39, 0.29) is 0 Å². The first kappa shape index (κ1) is 35.2. The molecule has 3 heteroatoms. The third-order valence-corrected chi connectivity index (χ3v) is 14.0. The summed E-state index contributed by atoms with van der Waals surface area (Å²) in [6.07, 6.45) is 0. The molecule has 1 aliphatic rings. The van der Waals surface area contributed by atoms with Gasteiger partial charge in [0.1, 0.15) is 11.2 Å². The van der Waals surface area contributed by atoms with Crippen LogP contribution in [0.2, 0.25) is 0 Å². The molecule has 14 rings (SSSR count). The smallest absolute Gasteiger partial charge is 0.140 e. The van der Waals surface area contributed by atoms with Crippen LogP contribution in [0.3, 0.4) is 0 Å². The number of rotatable bonds is 5. The number of furan rings is 1. The van der Waals surface area contributed by atoms with E-state index < -0.39 is 5.41 Å². The molecule has 3 heterocycles. The molecular formula is C61H38N2O. The Balaban J connectivity index is 1.05. The van der Waals surface area contributed by atoms with E-state index in [2.05, 4.69) is 240 Å². The van der Waals surface area contributed by atoms with E-state index in [1.54, 1.807) is 0 Å². The number of para-hydroxylation sites is 5. The minimum Gasteiger partial charge on any atom is -0.456 e. The maximum absolute atomic E-state index is 6.94. The topological polar surface area (TPSA) is 23.0 Å². The van der Waals surface area contributed by atoms with Crippen LogP contribution >= 0.6 is 0 Å². The van der Waals surface area contributed by atoms with Crippen molar-refractivity contribution < 1.29 is 4.42 Å². The first-order valence-electron chi connectivity index (χ1n) is 22.1. The van der Waals surface area contributed by atoms with E-state index in [9.17, 15) is 0 Å². The molecule has 10 aromatic carbocycles. The van der Waals surface area contributed by atoms with Gasteiger partial charge in [0.05, 0.1) is 27.5 Å². The zero-order valence-electron chi connectivity index (χ0n) is 34.7. The van der Waals surface area contributed by atoms with Gasteiger partial charge in [-0.2, -0.15) is 0 Å². The Morgan fingerprint density at radius 3 is 1.44 bits per heavy atom. The molecule has 0 saturated carbocycles. The standard InChI is InChI=1S/C61H38N2O/c1-3-16-42(17-4-1)62-55-28-13-9-22-46(55)49-36-39(30-33-56(49)62)40-31-34-57-50(37-40)51-38-41(32-35-58(51)63(57)43-18-5-2-6-19-43)61(52-25-11-7-20-44(52)45-21-8-12-26-53(45)61)54-27-15-24-48-47-23-10-14-29-59(47)64-60(48)54/h1-38H. The molecule has 0 saturated heterocycles. The molecule has 3 aromatic heterocycles.